The minimum atomic E-state index is 0.547. The van der Waals surface area contributed by atoms with E-state index in [9.17, 15) is 0 Å². The first-order valence-electron chi connectivity index (χ1n) is 4.73. The number of halogens is 1. The van der Waals surface area contributed by atoms with Crippen LogP contribution in [-0.4, -0.2) is 9.97 Å². The van der Waals surface area contributed by atoms with Gasteiger partial charge in [0.2, 0.25) is 0 Å². The molecule has 1 aromatic carbocycles. The molecule has 0 aliphatic heterocycles. The third-order valence-corrected chi connectivity index (χ3v) is 3.86. The average molecular weight is 296 g/mol. The number of benzene rings is 1. The summed E-state index contributed by atoms with van der Waals surface area (Å²) in [6, 6.07) is 7.85. The van der Waals surface area contributed by atoms with Gasteiger partial charge in [-0.3, -0.25) is 0 Å². The van der Waals surface area contributed by atoms with Crippen LogP contribution in [0.15, 0.2) is 51.2 Å². The lowest BCUT2D eigenvalue weighted by Crippen LogP contribution is -1.95. The Morgan fingerprint density at radius 1 is 1.25 bits per heavy atom. The van der Waals surface area contributed by atoms with Crippen LogP contribution in [0.2, 0.25) is 0 Å². The van der Waals surface area contributed by atoms with E-state index in [-0.39, 0.29) is 0 Å². The summed E-state index contributed by atoms with van der Waals surface area (Å²) < 4.78 is 1.02. The Labute approximate surface area is 107 Å². The Kier molecular flexibility index (Phi) is 3.93. The molecule has 0 amide bonds. The molecule has 5 heteroatoms. The van der Waals surface area contributed by atoms with Crippen molar-refractivity contribution in [2.24, 2.45) is 5.73 Å². The van der Waals surface area contributed by atoms with Gasteiger partial charge in [-0.1, -0.05) is 6.07 Å². The molecule has 0 saturated heterocycles. The van der Waals surface area contributed by atoms with Crippen LogP contribution in [0.3, 0.4) is 0 Å². The molecular formula is C11H10BrN3S. The van der Waals surface area contributed by atoms with Gasteiger partial charge in [-0.2, -0.15) is 0 Å². The molecule has 16 heavy (non-hydrogen) atoms. The van der Waals surface area contributed by atoms with Gasteiger partial charge >= 0.3 is 0 Å². The largest absolute Gasteiger partial charge is 0.326 e. The molecule has 1 aromatic heterocycles. The summed E-state index contributed by atoms with van der Waals surface area (Å²) in [5.74, 6) is 0. The van der Waals surface area contributed by atoms with Crippen LogP contribution < -0.4 is 5.73 Å². The van der Waals surface area contributed by atoms with E-state index < -0.39 is 0 Å². The highest BCUT2D eigenvalue weighted by Gasteiger charge is 2.04. The van der Waals surface area contributed by atoms with Gasteiger partial charge in [0.25, 0.3) is 0 Å². The quantitative estimate of drug-likeness (QED) is 0.885. The van der Waals surface area contributed by atoms with Crippen molar-refractivity contribution in [3.63, 3.8) is 0 Å². The number of hydrogen-bond donors (Lipinski definition) is 1. The molecule has 0 saturated carbocycles. The fourth-order valence-electron chi connectivity index (χ4n) is 1.19. The highest BCUT2D eigenvalue weighted by atomic mass is 79.9. The molecular weight excluding hydrogens is 286 g/mol. The second-order valence-electron chi connectivity index (χ2n) is 3.10. The van der Waals surface area contributed by atoms with Gasteiger partial charge in [0.15, 0.2) is 5.16 Å². The Morgan fingerprint density at radius 2 is 2.00 bits per heavy atom. The Balaban J connectivity index is 2.22. The zero-order valence-electron chi connectivity index (χ0n) is 8.43. The van der Waals surface area contributed by atoms with E-state index in [4.69, 9.17) is 5.73 Å². The number of nitrogens with zero attached hydrogens (tertiary/aromatic N) is 2. The predicted molar refractivity (Wildman–Crippen MR) is 68.2 cm³/mol. The van der Waals surface area contributed by atoms with Gasteiger partial charge in [0, 0.05) is 28.3 Å². The monoisotopic (exact) mass is 295 g/mol. The van der Waals surface area contributed by atoms with Gasteiger partial charge in [0.05, 0.1) is 0 Å². The average Bonchev–Trinajstić information content (AvgIpc) is 2.33. The maximum Gasteiger partial charge on any atom is 0.192 e. The summed E-state index contributed by atoms with van der Waals surface area (Å²) in [7, 11) is 0. The number of hydrogen-bond acceptors (Lipinski definition) is 4. The molecule has 0 atom stereocenters. The molecule has 2 aromatic rings. The molecule has 1 heterocycles. The molecule has 0 spiro atoms. The molecule has 0 radical (unpaired) electrons. The van der Waals surface area contributed by atoms with Crippen molar-refractivity contribution in [3.05, 3.63) is 46.7 Å². The summed E-state index contributed by atoms with van der Waals surface area (Å²) in [6.45, 7) is 0.547. The maximum absolute atomic E-state index is 5.57. The van der Waals surface area contributed by atoms with Crippen molar-refractivity contribution in [2.75, 3.05) is 0 Å². The molecule has 0 aliphatic carbocycles. The van der Waals surface area contributed by atoms with E-state index in [1.807, 2.05) is 18.2 Å². The fraction of sp³-hybridized carbons (Fsp3) is 0.0909. The highest BCUT2D eigenvalue weighted by molar-refractivity contribution is 9.10. The van der Waals surface area contributed by atoms with E-state index in [0.29, 0.717) is 6.54 Å². The second kappa shape index (κ2) is 5.43. The van der Waals surface area contributed by atoms with Crippen molar-refractivity contribution in [2.45, 2.75) is 16.6 Å². The van der Waals surface area contributed by atoms with Gasteiger partial charge in [-0.15, -0.1) is 0 Å². The lowest BCUT2D eigenvalue weighted by Gasteiger charge is -2.04. The normalized spacial score (nSPS) is 10.4. The minimum Gasteiger partial charge on any atom is -0.326 e. The van der Waals surface area contributed by atoms with Crippen LogP contribution in [0.25, 0.3) is 0 Å². The summed E-state index contributed by atoms with van der Waals surface area (Å²) in [5.41, 5.74) is 6.67. The summed E-state index contributed by atoms with van der Waals surface area (Å²) in [5, 5.41) is 0.740. The van der Waals surface area contributed by atoms with Crippen molar-refractivity contribution >= 4 is 27.7 Å². The third kappa shape index (κ3) is 2.81. The molecule has 82 valence electrons. The van der Waals surface area contributed by atoms with E-state index in [2.05, 4.69) is 25.9 Å². The fourth-order valence-corrected chi connectivity index (χ4v) is 2.58. The van der Waals surface area contributed by atoms with E-state index in [0.717, 1.165) is 20.1 Å². The van der Waals surface area contributed by atoms with Gasteiger partial charge < -0.3 is 5.73 Å². The number of nitrogens with two attached hydrogens (primary N) is 1. The van der Waals surface area contributed by atoms with Gasteiger partial charge in [0.1, 0.15) is 0 Å². The first-order chi connectivity index (χ1) is 7.79. The third-order valence-electron chi connectivity index (χ3n) is 1.98. The number of rotatable bonds is 3. The van der Waals surface area contributed by atoms with Crippen LogP contribution in [0.1, 0.15) is 5.56 Å². The molecule has 0 unspecified atom stereocenters. The van der Waals surface area contributed by atoms with Crippen molar-refractivity contribution in [1.29, 1.82) is 0 Å². The number of aromatic nitrogens is 2. The second-order valence-corrected chi connectivity index (χ2v) is 4.97. The molecule has 0 fully saturated rings. The van der Waals surface area contributed by atoms with Crippen molar-refractivity contribution in [1.82, 2.24) is 9.97 Å². The molecule has 0 bridgehead atoms. The Morgan fingerprint density at radius 3 is 2.62 bits per heavy atom. The van der Waals surface area contributed by atoms with Crippen LogP contribution in [-0.2, 0) is 6.54 Å². The molecule has 0 aliphatic rings. The smallest absolute Gasteiger partial charge is 0.192 e. The van der Waals surface area contributed by atoms with E-state index in [1.54, 1.807) is 18.5 Å². The lowest BCUT2D eigenvalue weighted by molar-refractivity contribution is 0.966. The van der Waals surface area contributed by atoms with Crippen LogP contribution >= 0.6 is 27.7 Å². The van der Waals surface area contributed by atoms with Gasteiger partial charge in [-0.05, 0) is 51.5 Å². The molecule has 3 nitrogen and oxygen atoms in total. The highest BCUT2D eigenvalue weighted by Crippen LogP contribution is 2.31. The van der Waals surface area contributed by atoms with Crippen LogP contribution in [0.4, 0.5) is 0 Å². The Hall–Kier alpha value is -0.910. The van der Waals surface area contributed by atoms with Crippen LogP contribution in [0.5, 0.6) is 0 Å². The standard InChI is InChI=1S/C11H10BrN3S/c12-9-6-8(7-13)2-3-10(9)16-11-14-4-1-5-15-11/h1-6H,7,13H2. The van der Waals surface area contributed by atoms with Crippen molar-refractivity contribution < 1.29 is 0 Å². The zero-order valence-corrected chi connectivity index (χ0v) is 10.8. The summed E-state index contributed by atoms with van der Waals surface area (Å²) in [4.78, 5) is 9.41. The predicted octanol–water partition coefficient (Wildman–Crippen LogP) is 2.85. The Bertz CT molecular complexity index is 476. The molecule has 2 N–H and O–H groups in total. The first kappa shape index (κ1) is 11.6. The van der Waals surface area contributed by atoms with Crippen molar-refractivity contribution in [3.8, 4) is 0 Å². The van der Waals surface area contributed by atoms with Crippen LogP contribution in [0, 0.1) is 0 Å². The topological polar surface area (TPSA) is 51.8 Å². The lowest BCUT2D eigenvalue weighted by atomic mass is 10.2. The zero-order chi connectivity index (χ0) is 11.4. The first-order valence-corrected chi connectivity index (χ1v) is 6.34. The van der Waals surface area contributed by atoms with E-state index >= 15 is 0 Å². The molecule has 2 rings (SSSR count). The minimum absolute atomic E-state index is 0.547. The maximum atomic E-state index is 5.57. The SMILES string of the molecule is NCc1ccc(Sc2ncccn2)c(Br)c1. The van der Waals surface area contributed by atoms with E-state index in [1.165, 1.54) is 11.8 Å². The summed E-state index contributed by atoms with van der Waals surface area (Å²) >= 11 is 5.04. The summed E-state index contributed by atoms with van der Waals surface area (Å²) in [6.07, 6.45) is 3.47. The van der Waals surface area contributed by atoms with Gasteiger partial charge in [-0.25, -0.2) is 9.97 Å².